The van der Waals surface area contributed by atoms with Crippen LogP contribution in [0.25, 0.3) is 16.7 Å². The zero-order valence-electron chi connectivity index (χ0n) is 31.8. The number of fused-ring (bicyclic) bond motifs is 11. The Morgan fingerprint density at radius 1 is 0.833 bits per heavy atom. The van der Waals surface area contributed by atoms with Crippen molar-refractivity contribution in [2.24, 2.45) is 11.8 Å². The lowest BCUT2D eigenvalue weighted by molar-refractivity contribution is 0.277. The van der Waals surface area contributed by atoms with Gasteiger partial charge in [0.25, 0.3) is 0 Å². The summed E-state index contributed by atoms with van der Waals surface area (Å²) in [5.41, 5.74) is 11.8. The minimum absolute atomic E-state index is 0.0277. The molecule has 0 bridgehead atoms. The lowest BCUT2D eigenvalue weighted by atomic mass is 9.68. The smallest absolute Gasteiger partial charge is 0.149 e. The molecule has 6 aliphatic rings. The molecule has 4 aromatic rings. The van der Waals surface area contributed by atoms with Crippen molar-refractivity contribution in [1.29, 1.82) is 0 Å². The van der Waals surface area contributed by atoms with E-state index in [1.54, 1.807) is 0 Å². The number of para-hydroxylation sites is 1. The highest BCUT2D eigenvalue weighted by Crippen LogP contribution is 2.62. The maximum absolute atomic E-state index is 7.10. The predicted molar refractivity (Wildman–Crippen MR) is 226 cm³/mol. The summed E-state index contributed by atoms with van der Waals surface area (Å²) in [5, 5.41) is 0. The molecule has 270 valence electrons. The summed E-state index contributed by atoms with van der Waals surface area (Å²) < 4.78 is 13.9. The Hall–Kier alpha value is -4.38. The molecule has 3 unspecified atom stereocenters. The molecule has 2 heterocycles. The Morgan fingerprint density at radius 3 is 2.48 bits per heavy atom. The lowest BCUT2D eigenvalue weighted by Gasteiger charge is -2.36. The molecule has 4 aliphatic carbocycles. The Bertz CT molecular complexity index is 2450. The normalized spacial score (nSPS) is 23.5. The Kier molecular flexibility index (Phi) is 7.95. The van der Waals surface area contributed by atoms with E-state index in [-0.39, 0.29) is 10.8 Å². The molecule has 0 N–H and O–H groups in total. The van der Waals surface area contributed by atoms with Crippen molar-refractivity contribution in [3.8, 4) is 28.4 Å². The van der Waals surface area contributed by atoms with Crippen LogP contribution in [0.1, 0.15) is 94.0 Å². The van der Waals surface area contributed by atoms with Gasteiger partial charge in [0.1, 0.15) is 23.0 Å². The average Bonchev–Trinajstić information content (AvgIpc) is 3.57. The molecule has 0 saturated heterocycles. The largest absolute Gasteiger partial charge is 0.459 e. The summed E-state index contributed by atoms with van der Waals surface area (Å²) in [6.45, 7) is 15.9. The van der Waals surface area contributed by atoms with Crippen LogP contribution in [0, 0.1) is 11.8 Å². The molecule has 4 aromatic carbocycles. The molecule has 54 heavy (non-hydrogen) atoms. The highest BCUT2D eigenvalue weighted by molar-refractivity contribution is 8.03. The van der Waals surface area contributed by atoms with E-state index in [0.29, 0.717) is 17.8 Å². The number of hydrogen-bond acceptors (Lipinski definition) is 4. The third-order valence-corrected chi connectivity index (χ3v) is 15.2. The quantitative estimate of drug-likeness (QED) is 0.132. The van der Waals surface area contributed by atoms with Crippen molar-refractivity contribution in [2.75, 3.05) is 0 Å². The minimum atomic E-state index is -0.0728. The van der Waals surface area contributed by atoms with Crippen LogP contribution in [0.3, 0.4) is 0 Å². The van der Waals surface area contributed by atoms with Crippen LogP contribution in [-0.2, 0) is 10.8 Å². The van der Waals surface area contributed by atoms with Crippen molar-refractivity contribution < 1.29 is 9.47 Å². The maximum atomic E-state index is 7.10. The Labute approximate surface area is 328 Å². The predicted octanol–water partition coefficient (Wildman–Crippen LogP) is 14.5. The molecule has 0 radical (unpaired) electrons. The third-order valence-electron chi connectivity index (χ3n) is 13.0. The minimum Gasteiger partial charge on any atom is -0.459 e. The summed E-state index contributed by atoms with van der Waals surface area (Å²) in [5.74, 6) is 5.33. The first-order valence-electron chi connectivity index (χ1n) is 19.5. The fraction of sp³-hybridized carbons (Fsp3) is 0.280. The molecule has 0 spiro atoms. The van der Waals surface area contributed by atoms with Crippen LogP contribution in [-0.4, -0.2) is 0 Å². The van der Waals surface area contributed by atoms with E-state index < -0.39 is 0 Å². The van der Waals surface area contributed by atoms with Gasteiger partial charge in [0, 0.05) is 40.4 Å². The van der Waals surface area contributed by atoms with Gasteiger partial charge in [0.15, 0.2) is 0 Å². The van der Waals surface area contributed by atoms with Crippen molar-refractivity contribution in [2.45, 2.75) is 91.7 Å². The molecular formula is C50H46O2S2. The van der Waals surface area contributed by atoms with Gasteiger partial charge in [-0.1, -0.05) is 136 Å². The number of thioether (sulfide) groups is 1. The number of hydrogen-bond donors (Lipinski definition) is 0. The Balaban J connectivity index is 0.992. The summed E-state index contributed by atoms with van der Waals surface area (Å²) >= 11 is 3.71. The lowest BCUT2D eigenvalue weighted by Crippen LogP contribution is -2.29. The fourth-order valence-corrected chi connectivity index (χ4v) is 12.1. The summed E-state index contributed by atoms with van der Waals surface area (Å²) in [6.07, 6.45) is 20.3. The van der Waals surface area contributed by atoms with Gasteiger partial charge in [-0.2, -0.15) is 0 Å². The second-order valence-corrected chi connectivity index (χ2v) is 18.9. The molecule has 3 atom stereocenters. The van der Waals surface area contributed by atoms with Crippen molar-refractivity contribution in [3.63, 3.8) is 0 Å². The van der Waals surface area contributed by atoms with Crippen LogP contribution in [0.2, 0.25) is 0 Å². The summed E-state index contributed by atoms with van der Waals surface area (Å²) in [6, 6.07) is 24.7. The maximum Gasteiger partial charge on any atom is 0.149 e. The standard InChI is InChI=1S/C50H46O2S2/c1-7-8-14-30(31-21-22-34-38(28-31)50(5,6)37-24-25-42-47(45(34)37)51-39-18-11-12-19-40(39)53-42)27-29(2)32-16-13-20-41-46(32)52-48-43(54-41)26-23-36-44(48)33-15-9-10-17-35(33)49(36,3)4/h7,9-10,12-17,19-27,31,34,38H,1,8,11,18,28H2,2-6H3/b29-27+,30-14+. The van der Waals surface area contributed by atoms with E-state index in [1.807, 2.05) is 29.6 Å². The molecule has 0 saturated carbocycles. The number of rotatable bonds is 5. The van der Waals surface area contributed by atoms with E-state index in [0.717, 1.165) is 59.1 Å². The van der Waals surface area contributed by atoms with Gasteiger partial charge in [-0.05, 0) is 95.2 Å². The summed E-state index contributed by atoms with van der Waals surface area (Å²) in [7, 11) is 0. The van der Waals surface area contributed by atoms with Gasteiger partial charge in [-0.25, -0.2) is 0 Å². The second kappa shape index (κ2) is 12.6. The van der Waals surface area contributed by atoms with Crippen LogP contribution in [0.15, 0.2) is 147 Å². The van der Waals surface area contributed by atoms with Gasteiger partial charge < -0.3 is 9.47 Å². The van der Waals surface area contributed by atoms with Gasteiger partial charge in [0.2, 0.25) is 0 Å². The van der Waals surface area contributed by atoms with E-state index >= 15 is 0 Å². The third kappa shape index (κ3) is 5.09. The molecular weight excluding hydrogens is 697 g/mol. The van der Waals surface area contributed by atoms with Crippen molar-refractivity contribution >= 4 is 29.1 Å². The topological polar surface area (TPSA) is 18.5 Å². The van der Waals surface area contributed by atoms with Crippen LogP contribution < -0.4 is 9.47 Å². The van der Waals surface area contributed by atoms with Gasteiger partial charge in [-0.3, -0.25) is 0 Å². The average molecular weight is 743 g/mol. The van der Waals surface area contributed by atoms with Gasteiger partial charge in [0.05, 0.1) is 19.6 Å². The van der Waals surface area contributed by atoms with Gasteiger partial charge in [-0.15, -0.1) is 6.58 Å². The Morgan fingerprint density at radius 2 is 1.63 bits per heavy atom. The SMILES string of the molecule is C=CC/C=C(\C=C(/C)c1cccc2c1Oc1c(ccc3c1-c1ccccc1C3(C)C)S2)C1C=CC2c3c(ccc4c3OC3=C(C=CCC3)S4)C(C)(C)C2C1. The van der Waals surface area contributed by atoms with Crippen LogP contribution in [0.5, 0.6) is 17.2 Å². The molecule has 0 aromatic heterocycles. The highest BCUT2D eigenvalue weighted by atomic mass is 32.2. The number of allylic oxidation sites excluding steroid dienone is 10. The van der Waals surface area contributed by atoms with Crippen LogP contribution >= 0.6 is 23.5 Å². The molecule has 2 nitrogen and oxygen atoms in total. The van der Waals surface area contributed by atoms with E-state index in [1.165, 1.54) is 59.2 Å². The molecule has 10 rings (SSSR count). The van der Waals surface area contributed by atoms with E-state index in [2.05, 4.69) is 144 Å². The molecule has 0 amide bonds. The highest BCUT2D eigenvalue weighted by Gasteiger charge is 2.50. The van der Waals surface area contributed by atoms with Crippen molar-refractivity contribution in [3.05, 3.63) is 160 Å². The number of ether oxygens (including phenoxy) is 2. The summed E-state index contributed by atoms with van der Waals surface area (Å²) in [4.78, 5) is 4.87. The monoisotopic (exact) mass is 742 g/mol. The van der Waals surface area contributed by atoms with Crippen LogP contribution in [0.4, 0.5) is 0 Å². The first-order valence-corrected chi connectivity index (χ1v) is 21.1. The molecule has 2 aliphatic heterocycles. The van der Waals surface area contributed by atoms with E-state index in [9.17, 15) is 0 Å². The zero-order valence-corrected chi connectivity index (χ0v) is 33.4. The second-order valence-electron chi connectivity index (χ2n) is 16.7. The first-order chi connectivity index (χ1) is 26.1. The van der Waals surface area contributed by atoms with Crippen molar-refractivity contribution in [1.82, 2.24) is 0 Å². The van der Waals surface area contributed by atoms with Gasteiger partial charge >= 0.3 is 0 Å². The zero-order chi connectivity index (χ0) is 36.9. The van der Waals surface area contributed by atoms with E-state index in [4.69, 9.17) is 9.47 Å². The number of benzene rings is 4. The molecule has 4 heteroatoms. The first kappa shape index (κ1) is 34.1. The fourth-order valence-electron chi connectivity index (χ4n) is 10.1. The molecule has 0 fully saturated rings.